The highest BCUT2D eigenvalue weighted by atomic mass is 35.5. The molecule has 0 fully saturated rings. The van der Waals surface area contributed by atoms with Crippen molar-refractivity contribution in [3.63, 3.8) is 0 Å². The average molecular weight is 290 g/mol. The summed E-state index contributed by atoms with van der Waals surface area (Å²) in [6, 6.07) is 9.29. The van der Waals surface area contributed by atoms with Crippen LogP contribution in [0.5, 0.6) is 5.75 Å². The number of benzene rings is 1. The molecule has 0 aliphatic rings. The lowest BCUT2D eigenvalue weighted by atomic mass is 10.2. The zero-order valence-electron chi connectivity index (χ0n) is 11.6. The third-order valence-corrected chi connectivity index (χ3v) is 3.35. The molecule has 0 radical (unpaired) electrons. The summed E-state index contributed by atoms with van der Waals surface area (Å²) in [6.07, 6.45) is 0.889. The molecule has 2 aromatic rings. The maximum atomic E-state index is 9.11. The lowest BCUT2D eigenvalue weighted by Crippen LogP contribution is -2.06. The molecule has 104 valence electrons. The van der Waals surface area contributed by atoms with E-state index in [1.165, 1.54) is 0 Å². The predicted molar refractivity (Wildman–Crippen MR) is 77.8 cm³/mol. The fraction of sp³-hybridized carbons (Fsp3) is 0.333. The van der Waals surface area contributed by atoms with Gasteiger partial charge in [0, 0.05) is 6.54 Å². The van der Waals surface area contributed by atoms with Gasteiger partial charge < -0.3 is 4.74 Å². The number of rotatable bonds is 5. The zero-order chi connectivity index (χ0) is 14.5. The van der Waals surface area contributed by atoms with Crippen molar-refractivity contribution in [2.45, 2.75) is 33.4 Å². The van der Waals surface area contributed by atoms with E-state index in [2.05, 4.69) is 18.1 Å². The van der Waals surface area contributed by atoms with E-state index in [-0.39, 0.29) is 0 Å². The van der Waals surface area contributed by atoms with Gasteiger partial charge in [0.25, 0.3) is 0 Å². The third kappa shape index (κ3) is 2.94. The first kappa shape index (κ1) is 14.4. The van der Waals surface area contributed by atoms with Crippen LogP contribution in [0.1, 0.15) is 30.8 Å². The summed E-state index contributed by atoms with van der Waals surface area (Å²) >= 11 is 5.98. The second-order valence-electron chi connectivity index (χ2n) is 4.31. The Morgan fingerprint density at radius 1 is 1.40 bits per heavy atom. The first-order valence-corrected chi connectivity index (χ1v) is 6.94. The van der Waals surface area contributed by atoms with Crippen molar-refractivity contribution < 1.29 is 4.74 Å². The molecule has 20 heavy (non-hydrogen) atoms. The first-order valence-electron chi connectivity index (χ1n) is 6.56. The van der Waals surface area contributed by atoms with Crippen molar-refractivity contribution in [2.75, 3.05) is 0 Å². The molecule has 0 spiro atoms. The Morgan fingerprint density at radius 3 is 2.85 bits per heavy atom. The number of ether oxygens (including phenoxy) is 1. The van der Waals surface area contributed by atoms with Gasteiger partial charge in [0.05, 0.1) is 16.4 Å². The minimum atomic E-state index is 0.368. The van der Waals surface area contributed by atoms with Crippen LogP contribution in [0.25, 0.3) is 0 Å². The normalized spacial score (nSPS) is 10.3. The maximum absolute atomic E-state index is 9.11. The lowest BCUT2D eigenvalue weighted by Gasteiger charge is -2.09. The number of aromatic nitrogens is 2. The van der Waals surface area contributed by atoms with Crippen molar-refractivity contribution in [3.05, 3.63) is 46.2 Å². The molecule has 0 saturated carbocycles. The highest BCUT2D eigenvalue weighted by Crippen LogP contribution is 2.26. The molecule has 0 saturated heterocycles. The molecule has 0 bridgehead atoms. The number of hydrogen-bond acceptors (Lipinski definition) is 3. The minimum absolute atomic E-state index is 0.368. The number of nitriles is 1. The van der Waals surface area contributed by atoms with Crippen molar-refractivity contribution >= 4 is 11.6 Å². The van der Waals surface area contributed by atoms with Gasteiger partial charge >= 0.3 is 0 Å². The van der Waals surface area contributed by atoms with Gasteiger partial charge in [-0.1, -0.05) is 24.6 Å². The number of aryl methyl sites for hydroxylation is 2. The van der Waals surface area contributed by atoms with Crippen LogP contribution in [0.2, 0.25) is 5.02 Å². The van der Waals surface area contributed by atoms with Crippen LogP contribution in [0.4, 0.5) is 0 Å². The Balaban J connectivity index is 2.19. The Hall–Kier alpha value is -1.99. The van der Waals surface area contributed by atoms with Gasteiger partial charge in [0.15, 0.2) is 0 Å². The van der Waals surface area contributed by atoms with Gasteiger partial charge in [-0.2, -0.15) is 10.4 Å². The van der Waals surface area contributed by atoms with Gasteiger partial charge in [-0.3, -0.25) is 4.68 Å². The largest absolute Gasteiger partial charge is 0.486 e. The van der Waals surface area contributed by atoms with Crippen LogP contribution in [-0.2, 0) is 19.6 Å². The number of hydrogen-bond donors (Lipinski definition) is 0. The van der Waals surface area contributed by atoms with E-state index in [1.807, 2.05) is 17.7 Å². The van der Waals surface area contributed by atoms with Gasteiger partial charge in [-0.15, -0.1) is 0 Å². The summed E-state index contributed by atoms with van der Waals surface area (Å²) in [5.41, 5.74) is 2.40. The molecule has 0 N–H and O–H groups in total. The lowest BCUT2D eigenvalue weighted by molar-refractivity contribution is 0.291. The highest BCUT2D eigenvalue weighted by Gasteiger charge is 2.10. The Labute approximate surface area is 123 Å². The van der Waals surface area contributed by atoms with E-state index in [1.54, 1.807) is 18.2 Å². The van der Waals surface area contributed by atoms with E-state index < -0.39 is 0 Å². The summed E-state index contributed by atoms with van der Waals surface area (Å²) in [4.78, 5) is 0. The summed E-state index contributed by atoms with van der Waals surface area (Å²) < 4.78 is 7.64. The Morgan fingerprint density at radius 2 is 2.20 bits per heavy atom. The van der Waals surface area contributed by atoms with Crippen LogP contribution < -0.4 is 4.74 Å². The van der Waals surface area contributed by atoms with Crippen molar-refractivity contribution in [3.8, 4) is 11.8 Å². The number of halogens is 1. The van der Waals surface area contributed by atoms with Crippen LogP contribution in [0.15, 0.2) is 24.3 Å². The van der Waals surface area contributed by atoms with Gasteiger partial charge in [-0.25, -0.2) is 0 Å². The molecular weight excluding hydrogens is 274 g/mol. The smallest absolute Gasteiger partial charge is 0.139 e. The van der Waals surface area contributed by atoms with E-state index in [9.17, 15) is 0 Å². The van der Waals surface area contributed by atoms with Crippen LogP contribution in [0, 0.1) is 11.3 Å². The number of nitrogens with zero attached hydrogens (tertiary/aromatic N) is 3. The summed E-state index contributed by atoms with van der Waals surface area (Å²) in [7, 11) is 0. The summed E-state index contributed by atoms with van der Waals surface area (Å²) in [6.45, 7) is 5.27. The molecule has 0 aliphatic heterocycles. The van der Waals surface area contributed by atoms with Crippen molar-refractivity contribution in [2.24, 2.45) is 0 Å². The second kappa shape index (κ2) is 6.44. The second-order valence-corrected chi connectivity index (χ2v) is 4.72. The molecule has 0 amide bonds. The van der Waals surface area contributed by atoms with Gasteiger partial charge in [-0.05, 0) is 31.5 Å². The van der Waals surface area contributed by atoms with Gasteiger partial charge in [0.1, 0.15) is 24.0 Å². The molecule has 2 rings (SSSR count). The minimum Gasteiger partial charge on any atom is -0.486 e. The molecule has 0 unspecified atom stereocenters. The van der Waals surface area contributed by atoms with Crippen LogP contribution in [0.3, 0.4) is 0 Å². The molecule has 5 heteroatoms. The summed E-state index contributed by atoms with van der Waals surface area (Å²) in [5, 5.41) is 14.0. The molecule has 0 atom stereocenters. The first-order chi connectivity index (χ1) is 9.69. The van der Waals surface area contributed by atoms with Crippen molar-refractivity contribution in [1.29, 1.82) is 5.26 Å². The van der Waals surface area contributed by atoms with E-state index >= 15 is 0 Å². The average Bonchev–Trinajstić information content (AvgIpc) is 2.87. The Kier molecular flexibility index (Phi) is 4.65. The van der Waals surface area contributed by atoms with Crippen LogP contribution in [-0.4, -0.2) is 9.78 Å². The standard InChI is InChI=1S/C15H16ClN3O/c1-3-11-8-12(19(4-2)18-11)10-20-15-7-5-6-14(16)13(15)9-17/h5-8H,3-4,10H2,1-2H3. The molecule has 4 nitrogen and oxygen atoms in total. The highest BCUT2D eigenvalue weighted by molar-refractivity contribution is 6.31. The monoisotopic (exact) mass is 289 g/mol. The van der Waals surface area contributed by atoms with E-state index in [4.69, 9.17) is 21.6 Å². The quantitative estimate of drug-likeness (QED) is 0.845. The molecule has 0 aliphatic carbocycles. The molecule has 1 aromatic carbocycles. The molecular formula is C15H16ClN3O. The predicted octanol–water partition coefficient (Wildman–Crippen LogP) is 3.57. The van der Waals surface area contributed by atoms with Gasteiger partial charge in [0.2, 0.25) is 0 Å². The molecule has 1 heterocycles. The topological polar surface area (TPSA) is 50.8 Å². The fourth-order valence-corrected chi connectivity index (χ4v) is 2.17. The summed E-state index contributed by atoms with van der Waals surface area (Å²) in [5.74, 6) is 0.502. The molecule has 1 aromatic heterocycles. The van der Waals surface area contributed by atoms with Crippen molar-refractivity contribution in [1.82, 2.24) is 9.78 Å². The maximum Gasteiger partial charge on any atom is 0.139 e. The van der Waals surface area contributed by atoms with E-state index in [0.29, 0.717) is 22.9 Å². The zero-order valence-corrected chi connectivity index (χ0v) is 12.3. The third-order valence-electron chi connectivity index (χ3n) is 3.04. The van der Waals surface area contributed by atoms with Crippen LogP contribution >= 0.6 is 11.6 Å². The SMILES string of the molecule is CCc1cc(COc2cccc(Cl)c2C#N)n(CC)n1. The Bertz CT molecular complexity index is 643. The van der Waals surface area contributed by atoms with E-state index in [0.717, 1.165) is 24.4 Å². The fourth-order valence-electron chi connectivity index (χ4n) is 1.96.